The van der Waals surface area contributed by atoms with Gasteiger partial charge < -0.3 is 4.74 Å². The number of nitrogens with zero attached hydrogens (tertiary/aromatic N) is 1. The standard InChI is InChI=1S/C22H20N2O3S/c1-14-7-9-15(10-8-14)11-17-13-23-21(28-17)24-20(26)22(2)12-16-5-3-4-6-18(16)19(25)27-22/h3-10,13H,11-12H2,1-2H3,(H,23,24,26). The quantitative estimate of drug-likeness (QED) is 0.677. The number of amides is 1. The first-order valence-corrected chi connectivity index (χ1v) is 9.87. The second-order valence-electron chi connectivity index (χ2n) is 7.20. The number of nitrogens with one attached hydrogen (secondary N) is 1. The summed E-state index contributed by atoms with van der Waals surface area (Å²) < 4.78 is 5.47. The summed E-state index contributed by atoms with van der Waals surface area (Å²) in [7, 11) is 0. The second-order valence-corrected chi connectivity index (χ2v) is 8.32. The first-order chi connectivity index (χ1) is 13.4. The van der Waals surface area contributed by atoms with Crippen LogP contribution in [0.3, 0.4) is 0 Å². The Morgan fingerprint density at radius 1 is 1.21 bits per heavy atom. The van der Waals surface area contributed by atoms with Gasteiger partial charge in [0.05, 0.1) is 5.56 Å². The van der Waals surface area contributed by atoms with Crippen molar-refractivity contribution in [3.8, 4) is 0 Å². The molecule has 3 aromatic rings. The van der Waals surface area contributed by atoms with Crippen LogP contribution in [0.1, 0.15) is 38.8 Å². The van der Waals surface area contributed by atoms with Gasteiger partial charge in [0.1, 0.15) is 0 Å². The second kappa shape index (κ2) is 7.20. The van der Waals surface area contributed by atoms with Gasteiger partial charge in [-0.05, 0) is 31.0 Å². The highest BCUT2D eigenvalue weighted by atomic mass is 32.1. The maximum absolute atomic E-state index is 12.8. The van der Waals surface area contributed by atoms with Crippen LogP contribution in [0.15, 0.2) is 54.7 Å². The Bertz CT molecular complexity index is 1040. The van der Waals surface area contributed by atoms with Crippen LogP contribution in [0.2, 0.25) is 0 Å². The highest BCUT2D eigenvalue weighted by Crippen LogP contribution is 2.30. The van der Waals surface area contributed by atoms with Gasteiger partial charge >= 0.3 is 5.97 Å². The van der Waals surface area contributed by atoms with Gasteiger partial charge in [0.2, 0.25) is 0 Å². The third-order valence-electron chi connectivity index (χ3n) is 4.84. The monoisotopic (exact) mass is 392 g/mol. The summed E-state index contributed by atoms with van der Waals surface area (Å²) in [6.07, 6.45) is 2.86. The van der Waals surface area contributed by atoms with Crippen LogP contribution in [0, 0.1) is 6.92 Å². The molecule has 1 aliphatic heterocycles. The van der Waals surface area contributed by atoms with E-state index in [4.69, 9.17) is 4.74 Å². The molecule has 0 spiro atoms. The summed E-state index contributed by atoms with van der Waals surface area (Å²) in [5.41, 5.74) is 2.49. The minimum atomic E-state index is -1.26. The number of aryl methyl sites for hydroxylation is 1. The molecule has 2 heterocycles. The molecule has 0 fully saturated rings. The van der Waals surface area contributed by atoms with Crippen molar-refractivity contribution in [2.75, 3.05) is 5.32 Å². The Morgan fingerprint density at radius 2 is 1.96 bits per heavy atom. The molecule has 1 unspecified atom stereocenters. The molecule has 0 saturated carbocycles. The van der Waals surface area contributed by atoms with Gasteiger partial charge in [-0.25, -0.2) is 9.78 Å². The van der Waals surface area contributed by atoms with Gasteiger partial charge in [-0.1, -0.05) is 48.0 Å². The zero-order chi connectivity index (χ0) is 19.7. The predicted molar refractivity (Wildman–Crippen MR) is 109 cm³/mol. The van der Waals surface area contributed by atoms with E-state index in [9.17, 15) is 9.59 Å². The largest absolute Gasteiger partial charge is 0.445 e. The van der Waals surface area contributed by atoms with Gasteiger partial charge in [-0.15, -0.1) is 11.3 Å². The summed E-state index contributed by atoms with van der Waals surface area (Å²) >= 11 is 1.43. The number of carbonyl (C=O) groups is 2. The van der Waals surface area contributed by atoms with Gasteiger partial charge in [-0.3, -0.25) is 10.1 Å². The summed E-state index contributed by atoms with van der Waals surface area (Å²) in [4.78, 5) is 30.5. The minimum absolute atomic E-state index is 0.336. The number of anilines is 1. The van der Waals surface area contributed by atoms with Crippen molar-refractivity contribution in [2.45, 2.75) is 32.3 Å². The molecular weight excluding hydrogens is 372 g/mol. The van der Waals surface area contributed by atoms with E-state index in [1.807, 2.05) is 12.1 Å². The molecule has 1 atom stereocenters. The molecule has 5 nitrogen and oxygen atoms in total. The fourth-order valence-electron chi connectivity index (χ4n) is 3.24. The fraction of sp³-hybridized carbons (Fsp3) is 0.227. The molecular formula is C22H20N2O3S. The summed E-state index contributed by atoms with van der Waals surface area (Å²) in [5.74, 6) is -0.842. The van der Waals surface area contributed by atoms with Crippen molar-refractivity contribution in [3.63, 3.8) is 0 Å². The van der Waals surface area contributed by atoms with E-state index in [2.05, 4.69) is 41.5 Å². The normalized spacial score (nSPS) is 18.3. The topological polar surface area (TPSA) is 68.3 Å². The lowest BCUT2D eigenvalue weighted by atomic mass is 9.89. The predicted octanol–water partition coefficient (Wildman–Crippen LogP) is 4.15. The van der Waals surface area contributed by atoms with E-state index in [-0.39, 0.29) is 5.91 Å². The van der Waals surface area contributed by atoms with Crippen molar-refractivity contribution in [1.82, 2.24) is 4.98 Å². The first-order valence-electron chi connectivity index (χ1n) is 9.06. The number of thiazole rings is 1. The van der Waals surface area contributed by atoms with Crippen LogP contribution in [0.25, 0.3) is 0 Å². The lowest BCUT2D eigenvalue weighted by Gasteiger charge is -2.32. The van der Waals surface area contributed by atoms with Crippen LogP contribution < -0.4 is 5.32 Å². The number of hydrogen-bond donors (Lipinski definition) is 1. The van der Waals surface area contributed by atoms with Crippen molar-refractivity contribution in [1.29, 1.82) is 0 Å². The zero-order valence-electron chi connectivity index (χ0n) is 15.7. The lowest BCUT2D eigenvalue weighted by molar-refractivity contribution is -0.134. The van der Waals surface area contributed by atoms with Crippen LogP contribution in [0.4, 0.5) is 5.13 Å². The third-order valence-corrected chi connectivity index (χ3v) is 5.75. The maximum Gasteiger partial charge on any atom is 0.339 e. The molecule has 1 amide bonds. The number of esters is 1. The van der Waals surface area contributed by atoms with E-state index in [1.54, 1.807) is 25.3 Å². The smallest absolute Gasteiger partial charge is 0.339 e. The van der Waals surface area contributed by atoms with E-state index in [0.717, 1.165) is 16.9 Å². The summed E-state index contributed by atoms with van der Waals surface area (Å²) in [6.45, 7) is 3.69. The SMILES string of the molecule is Cc1ccc(Cc2cnc(NC(=O)C3(C)Cc4ccccc4C(=O)O3)s2)cc1. The molecule has 142 valence electrons. The number of hydrogen-bond acceptors (Lipinski definition) is 5. The molecule has 0 radical (unpaired) electrons. The van der Waals surface area contributed by atoms with Crippen LogP contribution in [-0.2, 0) is 22.4 Å². The van der Waals surface area contributed by atoms with Crippen molar-refractivity contribution >= 4 is 28.3 Å². The van der Waals surface area contributed by atoms with Gasteiger partial charge in [0.25, 0.3) is 5.91 Å². The Morgan fingerprint density at radius 3 is 2.75 bits per heavy atom. The number of cyclic esters (lactones) is 1. The number of fused-ring (bicyclic) bond motifs is 1. The fourth-order valence-corrected chi connectivity index (χ4v) is 4.08. The summed E-state index contributed by atoms with van der Waals surface area (Å²) in [5, 5.41) is 3.31. The number of rotatable bonds is 4. The van der Waals surface area contributed by atoms with E-state index < -0.39 is 11.6 Å². The molecule has 1 aliphatic rings. The van der Waals surface area contributed by atoms with E-state index in [1.165, 1.54) is 22.5 Å². The Labute approximate surface area is 167 Å². The van der Waals surface area contributed by atoms with Crippen molar-refractivity contribution in [3.05, 3.63) is 81.9 Å². The van der Waals surface area contributed by atoms with Crippen molar-refractivity contribution < 1.29 is 14.3 Å². The maximum atomic E-state index is 12.8. The summed E-state index contributed by atoms with van der Waals surface area (Å²) in [6, 6.07) is 15.5. The highest BCUT2D eigenvalue weighted by molar-refractivity contribution is 7.15. The number of aromatic nitrogens is 1. The third kappa shape index (κ3) is 3.68. The zero-order valence-corrected chi connectivity index (χ0v) is 16.5. The molecule has 2 aromatic carbocycles. The van der Waals surface area contributed by atoms with Crippen LogP contribution in [-0.4, -0.2) is 22.5 Å². The molecule has 0 bridgehead atoms. The number of ether oxygens (including phenoxy) is 1. The minimum Gasteiger partial charge on any atom is -0.445 e. The van der Waals surface area contributed by atoms with Gasteiger partial charge in [-0.2, -0.15) is 0 Å². The van der Waals surface area contributed by atoms with Crippen LogP contribution in [0.5, 0.6) is 0 Å². The number of carbonyl (C=O) groups excluding carboxylic acids is 2. The lowest BCUT2D eigenvalue weighted by Crippen LogP contribution is -2.48. The van der Waals surface area contributed by atoms with Gasteiger partial charge in [0, 0.05) is 23.9 Å². The molecule has 1 aromatic heterocycles. The first kappa shape index (κ1) is 18.4. The molecule has 6 heteroatoms. The van der Waals surface area contributed by atoms with E-state index >= 15 is 0 Å². The van der Waals surface area contributed by atoms with Crippen molar-refractivity contribution in [2.24, 2.45) is 0 Å². The molecule has 0 saturated heterocycles. The van der Waals surface area contributed by atoms with Gasteiger partial charge in [0.15, 0.2) is 10.7 Å². The average Bonchev–Trinajstić information content (AvgIpc) is 3.10. The van der Waals surface area contributed by atoms with Crippen LogP contribution >= 0.6 is 11.3 Å². The Hall–Kier alpha value is -2.99. The van der Waals surface area contributed by atoms with E-state index in [0.29, 0.717) is 17.1 Å². The molecule has 4 rings (SSSR count). The molecule has 28 heavy (non-hydrogen) atoms. The Balaban J connectivity index is 1.46. The Kier molecular flexibility index (Phi) is 4.73. The molecule has 1 N–H and O–H groups in total. The average molecular weight is 392 g/mol. The highest BCUT2D eigenvalue weighted by Gasteiger charge is 2.42. The molecule has 0 aliphatic carbocycles. The number of benzene rings is 2.